The molecule has 0 radical (unpaired) electrons. The number of aromatic amines is 1. The Bertz CT molecular complexity index is 1800. The normalized spacial score (nSPS) is 25.8. The second-order valence-electron chi connectivity index (χ2n) is 12.6. The van der Waals surface area contributed by atoms with E-state index in [4.69, 9.17) is 4.74 Å². The standard InChI is InChI=1S/C32H35F4N7O2/c1-3-6-20-18(2)11-23-21(14-38-41-23)24(20)27-25(34)26-22(13-37-27)28(42-9-5-8-32(44,16-42)29(35)36)40-30(39-26)45-17-31-7-4-10-43(31)15-19(33)12-31/h3,6,11,13-14,19,29,44H,4-5,7-10,12,15-17H2,1-2H3,(H,38,41)/b6-3-/t19-,31+,32-/m1/s1. The average Bonchev–Trinajstić information content (AvgIpc) is 3.71. The van der Waals surface area contributed by atoms with Crippen LogP contribution >= 0.6 is 0 Å². The number of piperidine rings is 1. The van der Waals surface area contributed by atoms with Gasteiger partial charge in [0.1, 0.15) is 35.4 Å². The van der Waals surface area contributed by atoms with Gasteiger partial charge >= 0.3 is 6.01 Å². The lowest BCUT2D eigenvalue weighted by Gasteiger charge is -2.39. The van der Waals surface area contributed by atoms with Crippen molar-refractivity contribution in [2.24, 2.45) is 0 Å². The number of hydrogen-bond donors (Lipinski definition) is 2. The largest absolute Gasteiger partial charge is 0.461 e. The molecule has 9 nitrogen and oxygen atoms in total. The number of fused-ring (bicyclic) bond motifs is 3. The van der Waals surface area contributed by atoms with Crippen LogP contribution in [-0.4, -0.2) is 91.7 Å². The zero-order valence-electron chi connectivity index (χ0n) is 25.2. The number of allylic oxidation sites excluding steroid dienone is 1. The van der Waals surface area contributed by atoms with E-state index in [0.717, 1.165) is 30.5 Å². The summed E-state index contributed by atoms with van der Waals surface area (Å²) in [4.78, 5) is 17.2. The third kappa shape index (κ3) is 5.00. The summed E-state index contributed by atoms with van der Waals surface area (Å²) in [5.41, 5.74) is 0.0984. The van der Waals surface area contributed by atoms with Gasteiger partial charge in [-0.25, -0.2) is 17.6 Å². The number of nitrogens with one attached hydrogen (secondary N) is 1. The van der Waals surface area contributed by atoms with Crippen molar-refractivity contribution < 1.29 is 27.4 Å². The van der Waals surface area contributed by atoms with Crippen molar-refractivity contribution >= 4 is 33.7 Å². The van der Waals surface area contributed by atoms with Gasteiger partial charge in [0.25, 0.3) is 6.43 Å². The topological polar surface area (TPSA) is 103 Å². The van der Waals surface area contributed by atoms with E-state index in [0.29, 0.717) is 36.0 Å². The maximum Gasteiger partial charge on any atom is 0.319 e. The van der Waals surface area contributed by atoms with Crippen molar-refractivity contribution in [2.45, 2.75) is 69.7 Å². The first-order valence-corrected chi connectivity index (χ1v) is 15.4. The van der Waals surface area contributed by atoms with Gasteiger partial charge in [-0.2, -0.15) is 15.1 Å². The van der Waals surface area contributed by atoms with E-state index in [-0.39, 0.29) is 47.9 Å². The molecule has 0 bridgehead atoms. The second kappa shape index (κ2) is 11.2. The van der Waals surface area contributed by atoms with Crippen LogP contribution in [0.3, 0.4) is 0 Å². The smallest absolute Gasteiger partial charge is 0.319 e. The highest BCUT2D eigenvalue weighted by atomic mass is 19.3. The van der Waals surface area contributed by atoms with Crippen molar-refractivity contribution in [3.05, 3.63) is 41.5 Å². The number of β-amino-alcohol motifs (C(OH)–C–C–N with tert-alkyl or cyclic N) is 1. The van der Waals surface area contributed by atoms with Crippen molar-refractivity contribution in [3.8, 4) is 17.3 Å². The molecule has 0 spiro atoms. The minimum Gasteiger partial charge on any atom is -0.461 e. The first kappa shape index (κ1) is 29.8. The Morgan fingerprint density at radius 1 is 1.18 bits per heavy atom. The fourth-order valence-corrected chi connectivity index (χ4v) is 7.45. The molecule has 0 amide bonds. The summed E-state index contributed by atoms with van der Waals surface area (Å²) in [5.74, 6) is -0.583. The van der Waals surface area contributed by atoms with E-state index >= 15 is 4.39 Å². The molecule has 3 fully saturated rings. The van der Waals surface area contributed by atoms with Gasteiger partial charge < -0.3 is 14.7 Å². The summed E-state index contributed by atoms with van der Waals surface area (Å²) in [6.45, 7) is 4.91. The van der Waals surface area contributed by atoms with Crippen molar-refractivity contribution in [2.75, 3.05) is 37.7 Å². The van der Waals surface area contributed by atoms with Gasteiger partial charge in [-0.05, 0) is 63.3 Å². The van der Waals surface area contributed by atoms with Crippen molar-refractivity contribution in [1.82, 2.24) is 30.0 Å². The molecule has 45 heavy (non-hydrogen) atoms. The van der Waals surface area contributed by atoms with Crippen molar-refractivity contribution in [3.63, 3.8) is 0 Å². The van der Waals surface area contributed by atoms with Crippen LogP contribution in [0.2, 0.25) is 0 Å². The molecular formula is C32H35F4N7O2. The maximum atomic E-state index is 16.8. The number of aliphatic hydroxyl groups is 1. The Morgan fingerprint density at radius 2 is 2.00 bits per heavy atom. The SMILES string of the molecule is C/C=C\c1c(C)cc2[nH]ncc2c1-c1ncc2c(N3CCC[C@](O)(C(F)F)C3)nc(OC[C@@]34CCCN3C[C@H](F)C4)nc2c1F. The van der Waals surface area contributed by atoms with E-state index in [1.165, 1.54) is 11.1 Å². The van der Waals surface area contributed by atoms with Gasteiger partial charge in [0.05, 0.1) is 29.2 Å². The first-order valence-electron chi connectivity index (χ1n) is 15.4. The number of nitrogens with zero attached hydrogens (tertiary/aromatic N) is 6. The molecule has 1 aromatic carbocycles. The summed E-state index contributed by atoms with van der Waals surface area (Å²) in [7, 11) is 0. The molecule has 3 aliphatic heterocycles. The Balaban J connectivity index is 1.38. The lowest BCUT2D eigenvalue weighted by Crippen LogP contribution is -2.53. The van der Waals surface area contributed by atoms with Crippen LogP contribution in [0, 0.1) is 12.7 Å². The Labute approximate surface area is 257 Å². The number of benzene rings is 1. The van der Waals surface area contributed by atoms with Gasteiger partial charge in [0.15, 0.2) is 5.82 Å². The van der Waals surface area contributed by atoms with E-state index in [9.17, 15) is 18.3 Å². The van der Waals surface area contributed by atoms with E-state index in [1.807, 2.05) is 32.1 Å². The molecule has 0 saturated carbocycles. The zero-order valence-corrected chi connectivity index (χ0v) is 25.2. The maximum absolute atomic E-state index is 16.8. The highest BCUT2D eigenvalue weighted by molar-refractivity contribution is 6.01. The molecule has 0 aliphatic carbocycles. The van der Waals surface area contributed by atoms with E-state index in [2.05, 4.69) is 30.0 Å². The number of aromatic nitrogens is 5. The first-order chi connectivity index (χ1) is 21.6. The van der Waals surface area contributed by atoms with Gasteiger partial charge in [-0.15, -0.1) is 0 Å². The summed E-state index contributed by atoms with van der Waals surface area (Å²) >= 11 is 0. The van der Waals surface area contributed by atoms with Crippen LogP contribution in [0.1, 0.15) is 50.2 Å². The van der Waals surface area contributed by atoms with Crippen LogP contribution < -0.4 is 9.64 Å². The number of pyridine rings is 1. The Kier molecular flexibility index (Phi) is 7.43. The third-order valence-electron chi connectivity index (χ3n) is 9.65. The number of rotatable bonds is 7. The number of hydrogen-bond acceptors (Lipinski definition) is 8. The summed E-state index contributed by atoms with van der Waals surface area (Å²) in [6, 6.07) is 1.79. The van der Waals surface area contributed by atoms with Gasteiger partial charge in [0.2, 0.25) is 0 Å². The molecule has 3 aromatic heterocycles. The lowest BCUT2D eigenvalue weighted by molar-refractivity contribution is -0.102. The molecule has 3 saturated heterocycles. The number of anilines is 1. The molecule has 6 heterocycles. The number of H-pyrrole nitrogens is 1. The molecule has 4 aromatic rings. The summed E-state index contributed by atoms with van der Waals surface area (Å²) in [6.07, 6.45) is 5.07. The van der Waals surface area contributed by atoms with Crippen LogP contribution in [0.5, 0.6) is 6.01 Å². The molecule has 238 valence electrons. The molecule has 13 heteroatoms. The molecule has 3 atom stereocenters. The molecule has 3 aliphatic rings. The molecular weight excluding hydrogens is 590 g/mol. The second-order valence-corrected chi connectivity index (χ2v) is 12.6. The third-order valence-corrected chi connectivity index (χ3v) is 9.65. The monoisotopic (exact) mass is 625 g/mol. The van der Waals surface area contributed by atoms with Crippen molar-refractivity contribution in [1.29, 1.82) is 0 Å². The van der Waals surface area contributed by atoms with Gasteiger partial charge in [-0.3, -0.25) is 15.0 Å². The Morgan fingerprint density at radius 3 is 2.80 bits per heavy atom. The van der Waals surface area contributed by atoms with Crippen LogP contribution in [0.4, 0.5) is 23.4 Å². The summed E-state index contributed by atoms with van der Waals surface area (Å²) < 4.78 is 65.3. The highest BCUT2D eigenvalue weighted by Crippen LogP contribution is 2.42. The summed E-state index contributed by atoms with van der Waals surface area (Å²) in [5, 5.41) is 18.7. The predicted octanol–water partition coefficient (Wildman–Crippen LogP) is 5.60. The highest BCUT2D eigenvalue weighted by Gasteiger charge is 2.49. The lowest BCUT2D eigenvalue weighted by atomic mass is 9.93. The quantitative estimate of drug-likeness (QED) is 0.256. The number of aryl methyl sites for hydroxylation is 1. The number of halogens is 4. The minimum absolute atomic E-state index is 0.0423. The van der Waals surface area contributed by atoms with Crippen LogP contribution in [-0.2, 0) is 0 Å². The van der Waals surface area contributed by atoms with Crippen LogP contribution in [0.25, 0.3) is 39.1 Å². The van der Waals surface area contributed by atoms with Gasteiger partial charge in [0, 0.05) is 36.7 Å². The minimum atomic E-state index is -2.97. The predicted molar refractivity (Wildman–Crippen MR) is 163 cm³/mol. The Hall–Kier alpha value is -3.84. The fourth-order valence-electron chi connectivity index (χ4n) is 7.45. The number of ether oxygens (including phenoxy) is 1. The zero-order chi connectivity index (χ0) is 31.5. The van der Waals surface area contributed by atoms with E-state index in [1.54, 1.807) is 6.20 Å². The average molecular weight is 626 g/mol. The molecule has 0 unspecified atom stereocenters. The number of alkyl halides is 3. The van der Waals surface area contributed by atoms with Crippen LogP contribution in [0.15, 0.2) is 24.5 Å². The molecule has 7 rings (SSSR count). The van der Waals surface area contributed by atoms with E-state index < -0.39 is 36.1 Å². The fraction of sp³-hybridized carbons (Fsp3) is 0.500. The molecule has 2 N–H and O–H groups in total. The van der Waals surface area contributed by atoms with Gasteiger partial charge in [-0.1, -0.05) is 12.2 Å².